The van der Waals surface area contributed by atoms with Crippen molar-refractivity contribution < 1.29 is 44.1 Å². The van der Waals surface area contributed by atoms with Crippen LogP contribution in [0, 0.1) is 0 Å². The minimum absolute atomic E-state index is 0.0383. The number of nitrogens with two attached hydrogens (primary N) is 2. The van der Waals surface area contributed by atoms with Crippen LogP contribution < -0.4 is 27.4 Å². The molecular weight excluding hydrogens is 522 g/mol. The Kier molecular flexibility index (Phi) is 13.6. The largest absolute Gasteiger partial charge is 0.508 e. The summed E-state index contributed by atoms with van der Waals surface area (Å²) in [5.41, 5.74) is 11.5. The van der Waals surface area contributed by atoms with Crippen molar-refractivity contribution in [3.8, 4) is 5.75 Å². The lowest BCUT2D eigenvalue weighted by molar-refractivity contribution is -0.142. The van der Waals surface area contributed by atoms with Crippen LogP contribution in [0.3, 0.4) is 0 Å². The Morgan fingerprint density at radius 1 is 0.868 bits per heavy atom. The summed E-state index contributed by atoms with van der Waals surface area (Å²) in [5.74, 6) is -5.83. The fourth-order valence-corrected chi connectivity index (χ4v) is 3.70. The molecule has 0 aliphatic heterocycles. The first-order valence-electron chi connectivity index (χ1n) is 11.5. The van der Waals surface area contributed by atoms with Gasteiger partial charge in [-0.1, -0.05) is 12.1 Å². The quantitative estimate of drug-likeness (QED) is 0.107. The van der Waals surface area contributed by atoms with Gasteiger partial charge in [-0.2, -0.15) is 11.8 Å². The average Bonchev–Trinajstić information content (AvgIpc) is 2.84. The van der Waals surface area contributed by atoms with E-state index in [1.54, 1.807) is 0 Å². The average molecular weight is 556 g/mol. The second kappa shape index (κ2) is 16.1. The van der Waals surface area contributed by atoms with Crippen molar-refractivity contribution in [1.82, 2.24) is 16.0 Å². The lowest BCUT2D eigenvalue weighted by atomic mass is 10.0. The number of carboxylic acids is 2. The molecule has 4 atom stereocenters. The number of hydrogen-bond acceptors (Lipinski definition) is 9. The molecule has 4 unspecified atom stereocenters. The molecule has 15 heteroatoms. The van der Waals surface area contributed by atoms with E-state index < -0.39 is 72.6 Å². The third-order valence-electron chi connectivity index (χ3n) is 5.28. The van der Waals surface area contributed by atoms with E-state index in [0.29, 0.717) is 17.7 Å². The van der Waals surface area contributed by atoms with Gasteiger partial charge in [-0.15, -0.1) is 0 Å². The molecule has 0 aliphatic rings. The number of hydrogen-bond donors (Lipinski definition) is 8. The zero-order valence-corrected chi connectivity index (χ0v) is 21.5. The Bertz CT molecular complexity index is 1010. The van der Waals surface area contributed by atoms with E-state index in [9.17, 15) is 39.0 Å². The number of carbonyl (C=O) groups is 6. The lowest BCUT2D eigenvalue weighted by Crippen LogP contribution is -2.58. The van der Waals surface area contributed by atoms with Crippen molar-refractivity contribution in [2.24, 2.45) is 11.5 Å². The summed E-state index contributed by atoms with van der Waals surface area (Å²) in [6, 6.07) is 0.139. The highest BCUT2D eigenvalue weighted by Gasteiger charge is 2.31. The van der Waals surface area contributed by atoms with Gasteiger partial charge in [-0.3, -0.25) is 24.0 Å². The Morgan fingerprint density at radius 2 is 1.42 bits per heavy atom. The Hall–Kier alpha value is -3.85. The normalized spacial score (nSPS) is 13.8. The van der Waals surface area contributed by atoms with Crippen molar-refractivity contribution >= 4 is 47.3 Å². The summed E-state index contributed by atoms with van der Waals surface area (Å²) >= 11 is 1.45. The van der Waals surface area contributed by atoms with Gasteiger partial charge in [-0.05, 0) is 42.5 Å². The minimum Gasteiger partial charge on any atom is -0.508 e. The third-order valence-corrected chi connectivity index (χ3v) is 5.92. The zero-order chi connectivity index (χ0) is 28.8. The molecule has 1 aromatic rings. The van der Waals surface area contributed by atoms with Gasteiger partial charge in [0.2, 0.25) is 23.6 Å². The topological polar surface area (TPSA) is 251 Å². The maximum absolute atomic E-state index is 12.9. The number of nitrogens with one attached hydrogen (secondary N) is 3. The predicted octanol–water partition coefficient (Wildman–Crippen LogP) is -1.71. The molecule has 0 spiro atoms. The molecule has 0 heterocycles. The second-order valence-electron chi connectivity index (χ2n) is 8.38. The molecule has 0 saturated carbocycles. The Morgan fingerprint density at radius 3 is 1.95 bits per heavy atom. The van der Waals surface area contributed by atoms with Crippen molar-refractivity contribution in [2.75, 3.05) is 12.0 Å². The van der Waals surface area contributed by atoms with Crippen molar-refractivity contribution in [3.05, 3.63) is 29.8 Å². The molecule has 10 N–H and O–H groups in total. The Balaban J connectivity index is 3.03. The standard InChI is InChI=1S/C23H33N5O9S/c1-38-9-8-14(24)20(33)26-15(6-7-19(31)32)21(34)27-16(11-18(25)30)22(35)28-17(23(36)37)10-12-2-4-13(29)5-3-12/h2-5,14-17,29H,6-11,24H2,1H3,(H2,25,30)(H,26,33)(H,27,34)(H,28,35)(H,31,32)(H,36,37). The highest BCUT2D eigenvalue weighted by Crippen LogP contribution is 2.12. The van der Waals surface area contributed by atoms with Crippen LogP contribution in [-0.4, -0.2) is 87.1 Å². The zero-order valence-electron chi connectivity index (χ0n) is 20.7. The number of phenolic OH excluding ortho intramolecular Hbond substituents is 1. The van der Waals surface area contributed by atoms with Crippen LogP contribution in [0.4, 0.5) is 0 Å². The summed E-state index contributed by atoms with van der Waals surface area (Å²) in [4.78, 5) is 72.6. The van der Waals surface area contributed by atoms with E-state index in [1.165, 1.54) is 36.0 Å². The van der Waals surface area contributed by atoms with E-state index in [-0.39, 0.29) is 18.6 Å². The van der Waals surface area contributed by atoms with E-state index in [0.717, 1.165) is 0 Å². The van der Waals surface area contributed by atoms with Gasteiger partial charge >= 0.3 is 11.9 Å². The van der Waals surface area contributed by atoms with Crippen LogP contribution in [-0.2, 0) is 35.2 Å². The fraction of sp³-hybridized carbons (Fsp3) is 0.478. The predicted molar refractivity (Wildman–Crippen MR) is 137 cm³/mol. The third kappa shape index (κ3) is 11.9. The van der Waals surface area contributed by atoms with Crippen LogP contribution in [0.15, 0.2) is 24.3 Å². The fourth-order valence-electron chi connectivity index (χ4n) is 3.21. The molecule has 0 fully saturated rings. The monoisotopic (exact) mass is 555 g/mol. The molecule has 0 saturated heterocycles. The summed E-state index contributed by atoms with van der Waals surface area (Å²) in [7, 11) is 0. The van der Waals surface area contributed by atoms with Gasteiger partial charge in [0.15, 0.2) is 0 Å². The smallest absolute Gasteiger partial charge is 0.326 e. The number of carbonyl (C=O) groups excluding carboxylic acids is 4. The van der Waals surface area contributed by atoms with Crippen LogP contribution in [0.2, 0.25) is 0 Å². The van der Waals surface area contributed by atoms with Crippen LogP contribution in [0.1, 0.15) is 31.2 Å². The van der Waals surface area contributed by atoms with Gasteiger partial charge in [-0.25, -0.2) is 4.79 Å². The molecule has 0 aliphatic carbocycles. The van der Waals surface area contributed by atoms with Gasteiger partial charge in [0, 0.05) is 12.8 Å². The van der Waals surface area contributed by atoms with Crippen LogP contribution in [0.5, 0.6) is 5.75 Å². The maximum Gasteiger partial charge on any atom is 0.326 e. The number of aliphatic carboxylic acids is 2. The van der Waals surface area contributed by atoms with Crippen LogP contribution in [0.25, 0.3) is 0 Å². The number of primary amides is 1. The van der Waals surface area contributed by atoms with Gasteiger partial charge in [0.25, 0.3) is 0 Å². The molecule has 1 rings (SSSR count). The van der Waals surface area contributed by atoms with E-state index in [2.05, 4.69) is 16.0 Å². The summed E-state index contributed by atoms with van der Waals surface area (Å²) < 4.78 is 0. The number of carboxylic acid groups (broad SMARTS) is 2. The summed E-state index contributed by atoms with van der Waals surface area (Å²) in [6.07, 6.45) is 0.395. The number of phenols is 1. The van der Waals surface area contributed by atoms with E-state index in [4.69, 9.17) is 16.6 Å². The van der Waals surface area contributed by atoms with Crippen molar-refractivity contribution in [3.63, 3.8) is 0 Å². The highest BCUT2D eigenvalue weighted by molar-refractivity contribution is 7.98. The molecule has 0 aromatic heterocycles. The highest BCUT2D eigenvalue weighted by atomic mass is 32.2. The molecule has 38 heavy (non-hydrogen) atoms. The molecule has 0 radical (unpaired) electrons. The molecular formula is C23H33N5O9S. The summed E-state index contributed by atoms with van der Waals surface area (Å²) in [5, 5.41) is 34.8. The molecule has 14 nitrogen and oxygen atoms in total. The molecule has 210 valence electrons. The van der Waals surface area contributed by atoms with Crippen molar-refractivity contribution in [1.29, 1.82) is 0 Å². The van der Waals surface area contributed by atoms with E-state index >= 15 is 0 Å². The Labute approximate surface area is 222 Å². The number of aromatic hydroxyl groups is 1. The molecule has 0 bridgehead atoms. The molecule has 4 amide bonds. The first-order chi connectivity index (χ1) is 17.8. The van der Waals surface area contributed by atoms with Crippen molar-refractivity contribution in [2.45, 2.75) is 56.3 Å². The second-order valence-corrected chi connectivity index (χ2v) is 9.37. The minimum atomic E-state index is -1.61. The first-order valence-corrected chi connectivity index (χ1v) is 12.9. The van der Waals surface area contributed by atoms with Gasteiger partial charge < -0.3 is 42.7 Å². The van der Waals surface area contributed by atoms with Crippen LogP contribution >= 0.6 is 11.8 Å². The first kappa shape index (κ1) is 32.2. The van der Waals surface area contributed by atoms with Gasteiger partial charge in [0.05, 0.1) is 12.5 Å². The molecule has 1 aromatic carbocycles. The lowest BCUT2D eigenvalue weighted by Gasteiger charge is -2.24. The summed E-state index contributed by atoms with van der Waals surface area (Å²) in [6.45, 7) is 0. The number of amides is 4. The maximum atomic E-state index is 12.9. The number of benzene rings is 1. The van der Waals surface area contributed by atoms with Gasteiger partial charge in [0.1, 0.15) is 23.9 Å². The number of thioether (sulfide) groups is 1. The SMILES string of the molecule is CSCCC(N)C(=O)NC(CCC(=O)O)C(=O)NC(CC(N)=O)C(=O)NC(Cc1ccc(O)cc1)C(=O)O. The number of rotatable bonds is 17. The van der Waals surface area contributed by atoms with E-state index in [1.807, 2.05) is 6.26 Å².